The lowest BCUT2D eigenvalue weighted by atomic mass is 9.90. The summed E-state index contributed by atoms with van der Waals surface area (Å²) in [5.74, 6) is -1.10. The van der Waals surface area contributed by atoms with Crippen LogP contribution in [0.15, 0.2) is 22.9 Å². The second kappa shape index (κ2) is 7.67. The zero-order valence-corrected chi connectivity index (χ0v) is 15.9. The molecule has 0 spiro atoms. The lowest BCUT2D eigenvalue weighted by Crippen LogP contribution is -2.52. The zero-order valence-electron chi connectivity index (χ0n) is 14.3. The van der Waals surface area contributed by atoms with Crippen LogP contribution in [-0.4, -0.2) is 52.6 Å². The van der Waals surface area contributed by atoms with E-state index >= 15 is 0 Å². The SMILES string of the molecule is CC(C)(C)OC(=O)N1CC(OCC(=O)O)(c2ccc(Br)nc2)CCO1. The van der Waals surface area contributed by atoms with Crippen LogP contribution in [0.5, 0.6) is 0 Å². The molecule has 0 aliphatic carbocycles. The van der Waals surface area contributed by atoms with E-state index in [1.54, 1.807) is 39.1 Å². The molecule has 1 aromatic rings. The lowest BCUT2D eigenvalue weighted by molar-refractivity contribution is -0.233. The van der Waals surface area contributed by atoms with Crippen LogP contribution < -0.4 is 0 Å². The zero-order chi connectivity index (χ0) is 18.7. The molecule has 0 radical (unpaired) electrons. The van der Waals surface area contributed by atoms with E-state index in [-0.39, 0.29) is 13.2 Å². The van der Waals surface area contributed by atoms with Gasteiger partial charge in [-0.1, -0.05) is 6.07 Å². The molecule has 0 saturated carbocycles. The van der Waals surface area contributed by atoms with E-state index in [0.717, 1.165) is 5.06 Å². The van der Waals surface area contributed by atoms with E-state index in [1.165, 1.54) is 0 Å². The van der Waals surface area contributed by atoms with Crippen molar-refractivity contribution in [3.8, 4) is 0 Å². The standard InChI is InChI=1S/C16H21BrN2O6/c1-15(2,3)25-14(22)19-10-16(6-7-24-19,23-9-13(20)21)11-4-5-12(17)18-8-11/h4-5,8H,6-7,9-10H2,1-3H3,(H,20,21). The molecule has 25 heavy (non-hydrogen) atoms. The topological polar surface area (TPSA) is 98.2 Å². The number of aliphatic carboxylic acids is 1. The van der Waals surface area contributed by atoms with Gasteiger partial charge in [0.05, 0.1) is 13.2 Å². The van der Waals surface area contributed by atoms with Gasteiger partial charge in [-0.15, -0.1) is 0 Å². The smallest absolute Gasteiger partial charge is 0.434 e. The first-order valence-corrected chi connectivity index (χ1v) is 8.52. The summed E-state index contributed by atoms with van der Waals surface area (Å²) in [7, 11) is 0. The van der Waals surface area contributed by atoms with E-state index in [1.807, 2.05) is 0 Å². The van der Waals surface area contributed by atoms with Crippen LogP contribution in [0.2, 0.25) is 0 Å². The Morgan fingerprint density at radius 3 is 2.72 bits per heavy atom. The van der Waals surface area contributed by atoms with Crippen molar-refractivity contribution >= 4 is 28.0 Å². The molecule has 1 saturated heterocycles. The Morgan fingerprint density at radius 1 is 1.44 bits per heavy atom. The molecule has 138 valence electrons. The molecule has 2 rings (SSSR count). The van der Waals surface area contributed by atoms with Crippen molar-refractivity contribution in [1.82, 2.24) is 10.0 Å². The number of aromatic nitrogens is 1. The Morgan fingerprint density at radius 2 is 2.16 bits per heavy atom. The number of hydroxylamine groups is 2. The number of amides is 1. The third kappa shape index (κ3) is 5.38. The van der Waals surface area contributed by atoms with E-state index < -0.39 is 29.9 Å². The minimum Gasteiger partial charge on any atom is -0.480 e. The van der Waals surface area contributed by atoms with Gasteiger partial charge >= 0.3 is 12.1 Å². The van der Waals surface area contributed by atoms with Crippen molar-refractivity contribution in [2.75, 3.05) is 19.8 Å². The number of carbonyl (C=O) groups excluding carboxylic acids is 1. The van der Waals surface area contributed by atoms with Crippen molar-refractivity contribution in [3.05, 3.63) is 28.5 Å². The summed E-state index contributed by atoms with van der Waals surface area (Å²) in [4.78, 5) is 32.9. The van der Waals surface area contributed by atoms with E-state index in [4.69, 9.17) is 19.4 Å². The fraction of sp³-hybridized carbons (Fsp3) is 0.562. The first kappa shape index (κ1) is 19.6. The van der Waals surface area contributed by atoms with Crippen LogP contribution in [0.4, 0.5) is 4.79 Å². The van der Waals surface area contributed by atoms with Gasteiger partial charge in [-0.25, -0.2) is 14.6 Å². The van der Waals surface area contributed by atoms with E-state index in [2.05, 4.69) is 20.9 Å². The number of halogens is 1. The van der Waals surface area contributed by atoms with Crippen molar-refractivity contribution in [1.29, 1.82) is 0 Å². The van der Waals surface area contributed by atoms with Crippen LogP contribution in [0, 0.1) is 0 Å². The van der Waals surface area contributed by atoms with Gasteiger partial charge in [0.15, 0.2) is 0 Å². The van der Waals surface area contributed by atoms with Gasteiger partial charge in [0.1, 0.15) is 22.4 Å². The third-order valence-corrected chi connectivity index (χ3v) is 3.94. The van der Waals surface area contributed by atoms with E-state index in [9.17, 15) is 9.59 Å². The summed E-state index contributed by atoms with van der Waals surface area (Å²) in [6, 6.07) is 3.51. The number of pyridine rings is 1. The average Bonchev–Trinajstić information content (AvgIpc) is 2.52. The predicted molar refractivity (Wildman–Crippen MR) is 90.7 cm³/mol. The summed E-state index contributed by atoms with van der Waals surface area (Å²) < 4.78 is 11.6. The maximum atomic E-state index is 12.3. The Balaban J connectivity index is 2.26. The van der Waals surface area contributed by atoms with Gasteiger partial charge in [0, 0.05) is 18.2 Å². The van der Waals surface area contributed by atoms with Gasteiger partial charge in [-0.3, -0.25) is 4.84 Å². The molecule has 1 amide bonds. The highest BCUT2D eigenvalue weighted by Gasteiger charge is 2.42. The monoisotopic (exact) mass is 416 g/mol. The Labute approximate surface area is 154 Å². The number of nitrogens with zero attached hydrogens (tertiary/aromatic N) is 2. The number of carboxylic acid groups (broad SMARTS) is 1. The quantitative estimate of drug-likeness (QED) is 0.753. The van der Waals surface area contributed by atoms with Crippen LogP contribution in [0.3, 0.4) is 0 Å². The normalized spacial score (nSPS) is 21.0. The summed E-state index contributed by atoms with van der Waals surface area (Å²) in [6.45, 7) is 4.93. The van der Waals surface area contributed by atoms with Gasteiger partial charge < -0.3 is 14.6 Å². The molecule has 9 heteroatoms. The second-order valence-electron chi connectivity index (χ2n) is 6.65. The highest BCUT2D eigenvalue weighted by Crippen LogP contribution is 2.34. The Kier molecular flexibility index (Phi) is 6.02. The number of carbonyl (C=O) groups is 2. The van der Waals surface area contributed by atoms with Crippen LogP contribution >= 0.6 is 15.9 Å². The fourth-order valence-corrected chi connectivity index (χ4v) is 2.62. The van der Waals surface area contributed by atoms with Crippen molar-refractivity contribution < 1.29 is 29.0 Å². The molecule has 0 aromatic carbocycles. The molecule has 1 fully saturated rings. The largest absolute Gasteiger partial charge is 0.480 e. The first-order valence-electron chi connectivity index (χ1n) is 7.72. The third-order valence-electron chi connectivity index (χ3n) is 3.47. The molecule has 8 nitrogen and oxygen atoms in total. The molecule has 1 atom stereocenters. The van der Waals surface area contributed by atoms with Gasteiger partial charge in [0.25, 0.3) is 0 Å². The van der Waals surface area contributed by atoms with Gasteiger partial charge in [0.2, 0.25) is 0 Å². The second-order valence-corrected chi connectivity index (χ2v) is 7.46. The van der Waals surface area contributed by atoms with Crippen LogP contribution in [0.25, 0.3) is 0 Å². The van der Waals surface area contributed by atoms with Gasteiger partial charge in [-0.05, 0) is 42.8 Å². The molecule has 1 aromatic heterocycles. The molecule has 1 N–H and O–H groups in total. The Bertz CT molecular complexity index is 631. The number of rotatable bonds is 4. The van der Waals surface area contributed by atoms with Gasteiger partial charge in [-0.2, -0.15) is 5.06 Å². The maximum absolute atomic E-state index is 12.3. The first-order chi connectivity index (χ1) is 11.6. The molecule has 0 bridgehead atoms. The lowest BCUT2D eigenvalue weighted by Gasteiger charge is -2.41. The summed E-state index contributed by atoms with van der Waals surface area (Å²) >= 11 is 3.26. The number of hydrogen-bond donors (Lipinski definition) is 1. The fourth-order valence-electron chi connectivity index (χ4n) is 2.39. The van der Waals surface area contributed by atoms with Crippen molar-refractivity contribution in [3.63, 3.8) is 0 Å². The minimum absolute atomic E-state index is 0.00148. The summed E-state index contributed by atoms with van der Waals surface area (Å²) in [5.41, 5.74) is -1.06. The Hall–Kier alpha value is -1.71. The van der Waals surface area contributed by atoms with Crippen molar-refractivity contribution in [2.45, 2.75) is 38.4 Å². The van der Waals surface area contributed by atoms with Crippen LogP contribution in [-0.2, 0) is 24.7 Å². The van der Waals surface area contributed by atoms with E-state index in [0.29, 0.717) is 16.6 Å². The maximum Gasteiger partial charge on any atom is 0.434 e. The number of carboxylic acids is 1. The summed E-state index contributed by atoms with van der Waals surface area (Å²) in [6.07, 6.45) is 1.31. The highest BCUT2D eigenvalue weighted by molar-refractivity contribution is 9.10. The molecule has 2 heterocycles. The number of hydrogen-bond acceptors (Lipinski definition) is 6. The molecular weight excluding hydrogens is 396 g/mol. The molecule has 1 unspecified atom stereocenters. The van der Waals surface area contributed by atoms with Crippen LogP contribution in [0.1, 0.15) is 32.8 Å². The predicted octanol–water partition coefficient (Wildman–Crippen LogP) is 2.71. The number of ether oxygens (including phenoxy) is 2. The molecular formula is C16H21BrN2O6. The summed E-state index contributed by atoms with van der Waals surface area (Å²) in [5, 5.41) is 10.1. The molecule has 1 aliphatic heterocycles. The van der Waals surface area contributed by atoms with Crippen molar-refractivity contribution in [2.24, 2.45) is 0 Å². The highest BCUT2D eigenvalue weighted by atomic mass is 79.9. The minimum atomic E-state index is -1.10. The molecule has 1 aliphatic rings. The average molecular weight is 417 g/mol.